The quantitative estimate of drug-likeness (QED) is 0.691. The van der Waals surface area contributed by atoms with Gasteiger partial charge in [0.05, 0.1) is 11.4 Å². The van der Waals surface area contributed by atoms with Crippen molar-refractivity contribution in [2.45, 2.75) is 6.04 Å². The topological polar surface area (TPSA) is 75.2 Å². The molecule has 3 rings (SSSR count). The van der Waals surface area contributed by atoms with Crippen LogP contribution in [-0.2, 0) is 9.59 Å². The van der Waals surface area contributed by atoms with E-state index in [4.69, 9.17) is 0 Å². The van der Waals surface area contributed by atoms with E-state index < -0.39 is 6.04 Å². The molecule has 120 valence electrons. The number of nitrogens with one attached hydrogen (secondary N) is 1. The van der Waals surface area contributed by atoms with E-state index in [-0.39, 0.29) is 11.8 Å². The number of nitrogens with zero attached hydrogens (tertiary/aromatic N) is 3. The van der Waals surface area contributed by atoms with Crippen molar-refractivity contribution in [2.75, 3.05) is 11.9 Å². The van der Waals surface area contributed by atoms with Gasteiger partial charge in [-0.2, -0.15) is 0 Å². The average Bonchev–Trinajstić information content (AvgIpc) is 3.12. The number of carbonyl (C=O) groups is 2. The fourth-order valence-electron chi connectivity index (χ4n) is 2.47. The van der Waals surface area contributed by atoms with Crippen LogP contribution in [0.1, 0.15) is 0 Å². The Morgan fingerprint density at radius 1 is 1.21 bits per heavy atom. The third kappa shape index (κ3) is 3.22. The van der Waals surface area contributed by atoms with Crippen LogP contribution in [0.25, 0.3) is 11.4 Å². The maximum Gasteiger partial charge on any atom is 0.251 e. The molecule has 2 aromatic rings. The summed E-state index contributed by atoms with van der Waals surface area (Å²) in [5.41, 5.74) is 1.98. The molecular formula is C18H16N4O2. The van der Waals surface area contributed by atoms with E-state index in [1.54, 1.807) is 36.7 Å². The third-order valence-electron chi connectivity index (χ3n) is 3.64. The first kappa shape index (κ1) is 15.6. The molecule has 1 atom stereocenters. The summed E-state index contributed by atoms with van der Waals surface area (Å²) in [6, 6.07) is 8.35. The van der Waals surface area contributed by atoms with Crippen molar-refractivity contribution < 1.29 is 9.59 Å². The van der Waals surface area contributed by atoms with Crippen molar-refractivity contribution in [1.82, 2.24) is 14.9 Å². The van der Waals surface area contributed by atoms with Crippen molar-refractivity contribution in [1.29, 1.82) is 0 Å². The Hall–Kier alpha value is -3.28. The fourth-order valence-corrected chi connectivity index (χ4v) is 2.47. The van der Waals surface area contributed by atoms with E-state index >= 15 is 0 Å². The normalized spacial score (nSPS) is 16.0. The zero-order chi connectivity index (χ0) is 16.9. The summed E-state index contributed by atoms with van der Waals surface area (Å²) in [6.45, 7) is 3.86. The molecule has 0 spiro atoms. The number of carbonyl (C=O) groups excluding carboxylic acids is 2. The van der Waals surface area contributed by atoms with Crippen LogP contribution in [0.15, 0.2) is 67.5 Å². The molecule has 2 amide bonds. The second kappa shape index (κ2) is 6.87. The Bertz CT molecular complexity index is 802. The Labute approximate surface area is 139 Å². The van der Waals surface area contributed by atoms with Gasteiger partial charge in [-0.3, -0.25) is 19.6 Å². The number of hydrogen-bond donors (Lipinski definition) is 1. The van der Waals surface area contributed by atoms with Crippen molar-refractivity contribution in [3.05, 3.63) is 67.5 Å². The summed E-state index contributed by atoms with van der Waals surface area (Å²) in [5.74, 6) is -0.554. The molecule has 1 N–H and O–H groups in total. The highest BCUT2D eigenvalue weighted by Crippen LogP contribution is 2.19. The van der Waals surface area contributed by atoms with Crippen molar-refractivity contribution in [3.63, 3.8) is 0 Å². The molecule has 0 fully saturated rings. The van der Waals surface area contributed by atoms with Gasteiger partial charge in [-0.05, 0) is 30.3 Å². The Kier molecular flexibility index (Phi) is 4.47. The fraction of sp³-hybridized carbons (Fsp3) is 0.111. The predicted molar refractivity (Wildman–Crippen MR) is 90.9 cm³/mol. The van der Waals surface area contributed by atoms with Crippen molar-refractivity contribution >= 4 is 17.5 Å². The summed E-state index contributed by atoms with van der Waals surface area (Å²) in [7, 11) is 0. The van der Waals surface area contributed by atoms with Gasteiger partial charge in [0.2, 0.25) is 5.91 Å². The number of aromatic nitrogens is 2. The molecule has 1 aliphatic heterocycles. The molecule has 2 aromatic heterocycles. The second-order valence-corrected chi connectivity index (χ2v) is 5.20. The van der Waals surface area contributed by atoms with Crippen LogP contribution < -0.4 is 5.32 Å². The van der Waals surface area contributed by atoms with Crippen LogP contribution in [0.2, 0.25) is 0 Å². The first-order valence-electron chi connectivity index (χ1n) is 7.47. The number of pyridine rings is 2. The first-order valence-corrected chi connectivity index (χ1v) is 7.47. The molecule has 24 heavy (non-hydrogen) atoms. The van der Waals surface area contributed by atoms with E-state index in [0.29, 0.717) is 17.9 Å². The summed E-state index contributed by atoms with van der Waals surface area (Å²) >= 11 is 0. The molecule has 0 aromatic carbocycles. The van der Waals surface area contributed by atoms with Crippen molar-refractivity contribution in [3.8, 4) is 11.4 Å². The van der Waals surface area contributed by atoms with Crippen LogP contribution in [0.5, 0.6) is 0 Å². The molecule has 0 saturated heterocycles. The highest BCUT2D eigenvalue weighted by atomic mass is 16.2. The second-order valence-electron chi connectivity index (χ2n) is 5.20. The third-order valence-corrected chi connectivity index (χ3v) is 3.64. The van der Waals surface area contributed by atoms with Gasteiger partial charge in [0.1, 0.15) is 6.04 Å². The maximum absolute atomic E-state index is 12.5. The minimum absolute atomic E-state index is 0.274. The molecule has 6 heteroatoms. The van der Waals surface area contributed by atoms with Crippen LogP contribution in [0.4, 0.5) is 5.69 Å². The summed E-state index contributed by atoms with van der Waals surface area (Å²) in [5, 5.41) is 2.82. The average molecular weight is 320 g/mol. The zero-order valence-electron chi connectivity index (χ0n) is 12.9. The Morgan fingerprint density at radius 3 is 2.79 bits per heavy atom. The van der Waals surface area contributed by atoms with E-state index in [1.165, 1.54) is 11.0 Å². The first-order chi connectivity index (χ1) is 11.7. The Balaban J connectivity index is 1.76. The lowest BCUT2D eigenvalue weighted by molar-refractivity contribution is -0.131. The smallest absolute Gasteiger partial charge is 0.251 e. The summed E-state index contributed by atoms with van der Waals surface area (Å²) < 4.78 is 0. The van der Waals surface area contributed by atoms with E-state index in [2.05, 4.69) is 21.9 Å². The van der Waals surface area contributed by atoms with Gasteiger partial charge in [0, 0.05) is 24.6 Å². The van der Waals surface area contributed by atoms with E-state index in [0.717, 1.165) is 5.69 Å². The monoisotopic (exact) mass is 320 g/mol. The molecule has 0 aliphatic carbocycles. The van der Waals surface area contributed by atoms with Gasteiger partial charge < -0.3 is 10.2 Å². The minimum atomic E-state index is -0.637. The lowest BCUT2D eigenvalue weighted by Crippen LogP contribution is -2.42. The predicted octanol–water partition coefficient (Wildman–Crippen LogP) is 2.04. The highest BCUT2D eigenvalue weighted by Gasteiger charge is 2.29. The number of amides is 2. The molecule has 0 unspecified atom stereocenters. The van der Waals surface area contributed by atoms with Gasteiger partial charge >= 0.3 is 0 Å². The molecule has 0 bridgehead atoms. The lowest BCUT2D eigenvalue weighted by atomic mass is 10.2. The van der Waals surface area contributed by atoms with Crippen LogP contribution >= 0.6 is 0 Å². The van der Waals surface area contributed by atoms with Crippen LogP contribution in [0, 0.1) is 0 Å². The SMILES string of the molecule is C=CC(=O)N1CC=C[C@H]1C(=O)Nc1ccnc(-c2ccccn2)c1. The molecule has 3 heterocycles. The van der Waals surface area contributed by atoms with Gasteiger partial charge in [-0.25, -0.2) is 0 Å². The van der Waals surface area contributed by atoms with Crippen LogP contribution in [0.3, 0.4) is 0 Å². The van der Waals surface area contributed by atoms with Gasteiger partial charge in [0.25, 0.3) is 5.91 Å². The lowest BCUT2D eigenvalue weighted by Gasteiger charge is -2.22. The molecule has 6 nitrogen and oxygen atoms in total. The van der Waals surface area contributed by atoms with Gasteiger partial charge in [-0.15, -0.1) is 0 Å². The minimum Gasteiger partial charge on any atom is -0.324 e. The Morgan fingerprint density at radius 2 is 2.04 bits per heavy atom. The van der Waals surface area contributed by atoms with Gasteiger partial charge in [0.15, 0.2) is 0 Å². The van der Waals surface area contributed by atoms with Gasteiger partial charge in [-0.1, -0.05) is 24.8 Å². The number of anilines is 1. The van der Waals surface area contributed by atoms with E-state index in [1.807, 2.05) is 18.2 Å². The van der Waals surface area contributed by atoms with Crippen molar-refractivity contribution in [2.24, 2.45) is 0 Å². The maximum atomic E-state index is 12.5. The highest BCUT2D eigenvalue weighted by molar-refractivity contribution is 6.00. The largest absolute Gasteiger partial charge is 0.324 e. The number of rotatable bonds is 4. The zero-order valence-corrected chi connectivity index (χ0v) is 12.9. The number of hydrogen-bond acceptors (Lipinski definition) is 4. The molecule has 0 saturated carbocycles. The summed E-state index contributed by atoms with van der Waals surface area (Å²) in [6.07, 6.45) is 8.00. The summed E-state index contributed by atoms with van der Waals surface area (Å²) in [4.78, 5) is 34.2. The standard InChI is InChI=1S/C18H16N4O2/c1-2-17(23)22-11-5-7-16(22)18(24)21-13-8-10-20-15(12-13)14-6-3-4-9-19-14/h2-10,12,16H,1,11H2,(H,20,21,24)/t16-/m0/s1. The molecule has 0 radical (unpaired) electrons. The molecule has 1 aliphatic rings. The molecular weight excluding hydrogens is 304 g/mol. The van der Waals surface area contributed by atoms with Crippen LogP contribution in [-0.4, -0.2) is 39.3 Å². The van der Waals surface area contributed by atoms with E-state index in [9.17, 15) is 9.59 Å².